The fourth-order valence-electron chi connectivity index (χ4n) is 10.8. The lowest BCUT2D eigenvalue weighted by molar-refractivity contribution is -0.339. The molecule has 4 aliphatic carbocycles. The van der Waals surface area contributed by atoms with Crippen molar-refractivity contribution in [1.29, 1.82) is 0 Å². The van der Waals surface area contributed by atoms with Gasteiger partial charge in [0.15, 0.2) is 29.9 Å². The zero-order valence-electron chi connectivity index (χ0n) is 32.1. The van der Waals surface area contributed by atoms with Gasteiger partial charge >= 0.3 is 29.8 Å². The van der Waals surface area contributed by atoms with Gasteiger partial charge < -0.3 is 38.3 Å². The molecule has 5 aliphatic rings. The Morgan fingerprint density at radius 2 is 1.41 bits per heavy atom. The standard InChI is InChI=1S/C38H52O16/c1-18(39)38(33(53-22(5)43)31(52-21(4)42)30(51-20(3)41)32(54-38)34(46)48-8)49-17-28(45)37(47)14-12-26-25-10-9-23-15-24(50-19(2)40)11-13-35(23,6)29(25)27(44)16-36(26,37)7/h23-26,29-33,47H,9-17H2,1-8H3/t23?,24-,25?,26?,29?,30+,31+,32+,33-,35?,36?,37+,38-/m1/s1. The van der Waals surface area contributed by atoms with Gasteiger partial charge in [0.25, 0.3) is 5.79 Å². The number of Topliss-reactive ketones (excluding diaryl/α,β-unsaturated/α-hetero) is 3. The minimum absolute atomic E-state index is 0.00177. The van der Waals surface area contributed by atoms with E-state index in [1.807, 2.05) is 0 Å². The second-order valence-corrected chi connectivity index (χ2v) is 16.2. The summed E-state index contributed by atoms with van der Waals surface area (Å²) in [7, 11) is 0.985. The monoisotopic (exact) mass is 764 g/mol. The van der Waals surface area contributed by atoms with Crippen LogP contribution >= 0.6 is 0 Å². The number of esters is 5. The zero-order valence-corrected chi connectivity index (χ0v) is 32.1. The van der Waals surface area contributed by atoms with Gasteiger partial charge in [-0.15, -0.1) is 0 Å². The number of hydrogen-bond acceptors (Lipinski definition) is 16. The van der Waals surface area contributed by atoms with Gasteiger partial charge in [-0.25, -0.2) is 4.79 Å². The highest BCUT2D eigenvalue weighted by molar-refractivity contribution is 5.93. The number of carbonyl (C=O) groups is 8. The molecule has 0 amide bonds. The van der Waals surface area contributed by atoms with Crippen molar-refractivity contribution in [3.05, 3.63) is 0 Å². The largest absolute Gasteiger partial charge is 0.467 e. The first kappa shape index (κ1) is 41.4. The molecular weight excluding hydrogens is 712 g/mol. The van der Waals surface area contributed by atoms with Crippen molar-refractivity contribution in [2.75, 3.05) is 13.7 Å². The van der Waals surface area contributed by atoms with Crippen molar-refractivity contribution in [3.8, 4) is 0 Å². The second-order valence-electron chi connectivity index (χ2n) is 16.2. The van der Waals surface area contributed by atoms with Crippen molar-refractivity contribution in [2.45, 2.75) is 142 Å². The minimum Gasteiger partial charge on any atom is -0.467 e. The van der Waals surface area contributed by atoms with E-state index in [-0.39, 0.29) is 59.8 Å². The minimum atomic E-state index is -2.81. The van der Waals surface area contributed by atoms with Crippen LogP contribution in [0.15, 0.2) is 0 Å². The Labute approximate surface area is 313 Å². The van der Waals surface area contributed by atoms with E-state index in [0.717, 1.165) is 41.2 Å². The molecule has 6 unspecified atom stereocenters. The molecule has 300 valence electrons. The summed E-state index contributed by atoms with van der Waals surface area (Å²) in [5.41, 5.74) is -3.63. The molecule has 5 fully saturated rings. The van der Waals surface area contributed by atoms with Gasteiger partial charge in [-0.2, -0.15) is 0 Å². The highest BCUT2D eigenvalue weighted by atomic mass is 16.8. The number of aliphatic hydroxyl groups is 1. The fourth-order valence-corrected chi connectivity index (χ4v) is 10.8. The Morgan fingerprint density at radius 1 is 0.796 bits per heavy atom. The van der Waals surface area contributed by atoms with Crippen LogP contribution in [0.2, 0.25) is 0 Å². The molecule has 0 spiro atoms. The Morgan fingerprint density at radius 3 is 1.98 bits per heavy atom. The van der Waals surface area contributed by atoms with Gasteiger partial charge in [-0.05, 0) is 68.1 Å². The van der Waals surface area contributed by atoms with Crippen LogP contribution in [0, 0.1) is 34.5 Å². The van der Waals surface area contributed by atoms with Gasteiger partial charge in [0.1, 0.15) is 24.1 Å². The molecule has 1 N–H and O–H groups in total. The summed E-state index contributed by atoms with van der Waals surface area (Å²) in [6.45, 7) is 8.17. The van der Waals surface area contributed by atoms with E-state index in [1.54, 1.807) is 6.92 Å². The average molecular weight is 765 g/mol. The maximum absolute atomic E-state index is 14.3. The molecule has 16 nitrogen and oxygen atoms in total. The molecule has 54 heavy (non-hydrogen) atoms. The lowest BCUT2D eigenvalue weighted by Crippen LogP contribution is -2.72. The van der Waals surface area contributed by atoms with Crippen LogP contribution in [0.5, 0.6) is 0 Å². The third-order valence-electron chi connectivity index (χ3n) is 13.1. The zero-order chi connectivity index (χ0) is 40.1. The topological polar surface area (TPSA) is 221 Å². The predicted octanol–water partition coefficient (Wildman–Crippen LogP) is 2.11. The summed E-state index contributed by atoms with van der Waals surface area (Å²) < 4.78 is 38.3. The Balaban J connectivity index is 1.44. The van der Waals surface area contributed by atoms with Crippen molar-refractivity contribution in [2.24, 2.45) is 34.5 Å². The highest BCUT2D eigenvalue weighted by Gasteiger charge is 2.70. The first-order valence-corrected chi connectivity index (χ1v) is 18.5. The SMILES string of the molecule is COC(=O)[C@H]1O[C@](OCC(=O)[C@@]2(O)CCC3C4CCC5C[C@H](OC(C)=O)CCC5(C)C4C(=O)CC32C)(C(C)=O)[C@H](OC(C)=O)[C@@H](OC(C)=O)[C@@H]1OC(C)=O. The van der Waals surface area contributed by atoms with E-state index in [9.17, 15) is 43.5 Å². The molecule has 13 atom stereocenters. The molecule has 0 aromatic rings. The Hall–Kier alpha value is -3.76. The van der Waals surface area contributed by atoms with Gasteiger partial charge in [0, 0.05) is 52.4 Å². The Bertz CT molecular complexity index is 1590. The molecule has 1 aliphatic heterocycles. The number of ether oxygens (including phenoxy) is 7. The van der Waals surface area contributed by atoms with Crippen molar-refractivity contribution in [1.82, 2.24) is 0 Å². The third-order valence-corrected chi connectivity index (χ3v) is 13.1. The lowest BCUT2D eigenvalue weighted by Gasteiger charge is -2.60. The predicted molar refractivity (Wildman–Crippen MR) is 181 cm³/mol. The van der Waals surface area contributed by atoms with E-state index in [1.165, 1.54) is 6.92 Å². The number of methoxy groups -OCH3 is 1. The molecule has 0 radical (unpaired) electrons. The molecule has 1 saturated heterocycles. The van der Waals surface area contributed by atoms with E-state index in [2.05, 4.69) is 6.92 Å². The van der Waals surface area contributed by atoms with Gasteiger partial charge in [-0.3, -0.25) is 33.6 Å². The molecule has 0 aromatic heterocycles. The fraction of sp³-hybridized carbons (Fsp3) is 0.789. The van der Waals surface area contributed by atoms with E-state index in [0.29, 0.717) is 32.1 Å². The number of rotatable bonds is 10. The number of fused-ring (bicyclic) bond motifs is 5. The van der Waals surface area contributed by atoms with Crippen molar-refractivity contribution >= 4 is 47.2 Å². The van der Waals surface area contributed by atoms with E-state index in [4.69, 9.17) is 33.2 Å². The van der Waals surface area contributed by atoms with E-state index < -0.39 is 83.3 Å². The quantitative estimate of drug-likeness (QED) is 0.249. The van der Waals surface area contributed by atoms with Gasteiger partial charge in [0.05, 0.1) is 7.11 Å². The molecular formula is C38H52O16. The lowest BCUT2D eigenvalue weighted by atomic mass is 9.44. The first-order chi connectivity index (χ1) is 25.1. The first-order valence-electron chi connectivity index (χ1n) is 18.5. The smallest absolute Gasteiger partial charge is 0.339 e. The average Bonchev–Trinajstić information content (AvgIpc) is 3.34. The Kier molecular flexibility index (Phi) is 11.5. The third kappa shape index (κ3) is 6.97. The van der Waals surface area contributed by atoms with Crippen LogP contribution in [0.1, 0.15) is 99.8 Å². The van der Waals surface area contributed by atoms with E-state index >= 15 is 0 Å². The maximum Gasteiger partial charge on any atom is 0.339 e. The van der Waals surface area contributed by atoms with Crippen LogP contribution in [0.4, 0.5) is 0 Å². The number of ketones is 3. The summed E-state index contributed by atoms with van der Waals surface area (Å²) in [5, 5.41) is 12.3. The molecule has 4 saturated carbocycles. The molecule has 5 rings (SSSR count). The molecule has 0 aromatic carbocycles. The van der Waals surface area contributed by atoms with Gasteiger partial charge in [0.2, 0.25) is 6.10 Å². The van der Waals surface area contributed by atoms with Gasteiger partial charge in [-0.1, -0.05) is 13.8 Å². The summed E-state index contributed by atoms with van der Waals surface area (Å²) in [6.07, 6.45) is -3.93. The highest BCUT2D eigenvalue weighted by Crippen LogP contribution is 2.67. The number of hydrogen-bond donors (Lipinski definition) is 1. The normalized spacial score (nSPS) is 41.2. The molecule has 1 heterocycles. The van der Waals surface area contributed by atoms with Crippen LogP contribution in [-0.2, 0) is 71.5 Å². The number of carbonyl (C=O) groups excluding carboxylic acids is 8. The van der Waals surface area contributed by atoms with Crippen LogP contribution in [0.3, 0.4) is 0 Å². The summed E-state index contributed by atoms with van der Waals surface area (Å²) in [4.78, 5) is 104. The van der Waals surface area contributed by atoms with Crippen LogP contribution in [0.25, 0.3) is 0 Å². The van der Waals surface area contributed by atoms with Crippen molar-refractivity contribution < 1.29 is 76.6 Å². The summed E-state index contributed by atoms with van der Waals surface area (Å²) in [6, 6.07) is 0. The van der Waals surface area contributed by atoms with Crippen molar-refractivity contribution in [3.63, 3.8) is 0 Å². The molecule has 16 heteroatoms. The second kappa shape index (κ2) is 15.1. The molecule has 0 bridgehead atoms. The summed E-state index contributed by atoms with van der Waals surface area (Å²) >= 11 is 0. The maximum atomic E-state index is 14.3. The van der Waals surface area contributed by atoms with Crippen LogP contribution < -0.4 is 0 Å². The van der Waals surface area contributed by atoms with Crippen LogP contribution in [-0.4, -0.2) is 108 Å². The summed E-state index contributed by atoms with van der Waals surface area (Å²) in [5.74, 6) is -9.63.